The zero-order valence-electron chi connectivity index (χ0n) is 16.8. The molecule has 0 fully saturated rings. The van der Waals surface area contributed by atoms with Crippen LogP contribution in [0.1, 0.15) is 12.5 Å². The van der Waals surface area contributed by atoms with E-state index in [0.29, 0.717) is 38.5 Å². The quantitative estimate of drug-likeness (QED) is 0.482. The van der Waals surface area contributed by atoms with Gasteiger partial charge in [0.05, 0.1) is 38.2 Å². The molecule has 1 amide bonds. The number of amides is 1. The van der Waals surface area contributed by atoms with Crippen molar-refractivity contribution in [2.45, 2.75) is 6.92 Å². The van der Waals surface area contributed by atoms with E-state index >= 15 is 0 Å². The first-order chi connectivity index (χ1) is 14.3. The van der Waals surface area contributed by atoms with Crippen LogP contribution in [-0.2, 0) is 14.3 Å². The van der Waals surface area contributed by atoms with Crippen molar-refractivity contribution in [3.05, 3.63) is 68.9 Å². The van der Waals surface area contributed by atoms with Crippen molar-refractivity contribution in [3.8, 4) is 11.5 Å². The van der Waals surface area contributed by atoms with Gasteiger partial charge in [0, 0.05) is 21.3 Å². The Morgan fingerprint density at radius 1 is 1.00 bits per heavy atom. The molecule has 1 aliphatic heterocycles. The molecule has 2 aromatic rings. The highest BCUT2D eigenvalue weighted by atomic mass is 35.5. The Morgan fingerprint density at radius 3 is 2.23 bits per heavy atom. The van der Waals surface area contributed by atoms with Crippen molar-refractivity contribution in [2.75, 3.05) is 26.2 Å². The number of carbonyl (C=O) groups excluding carboxylic acids is 2. The van der Waals surface area contributed by atoms with Gasteiger partial charge in [-0.15, -0.1) is 0 Å². The smallest absolute Gasteiger partial charge is 0.340 e. The van der Waals surface area contributed by atoms with E-state index < -0.39 is 11.9 Å². The maximum atomic E-state index is 13.4. The standard InChI is InChI=1S/C22H19Cl2NO5/c1-12-20(22(27)30-4)18(8-13-7-17(28-2)5-6-19(13)29-3)21(26)25(12)16-10-14(23)9-15(24)11-16/h5-11H,1-4H3. The number of hydrogen-bond acceptors (Lipinski definition) is 5. The molecular formula is C22H19Cl2NO5. The summed E-state index contributed by atoms with van der Waals surface area (Å²) in [5.74, 6) is 0.0369. The normalized spacial score (nSPS) is 15.1. The van der Waals surface area contributed by atoms with Gasteiger partial charge in [-0.3, -0.25) is 9.69 Å². The average molecular weight is 448 g/mol. The van der Waals surface area contributed by atoms with Crippen molar-refractivity contribution in [1.29, 1.82) is 0 Å². The van der Waals surface area contributed by atoms with Crippen molar-refractivity contribution in [1.82, 2.24) is 0 Å². The molecule has 0 spiro atoms. The zero-order chi connectivity index (χ0) is 22.0. The van der Waals surface area contributed by atoms with Crippen LogP contribution in [0.5, 0.6) is 11.5 Å². The lowest BCUT2D eigenvalue weighted by atomic mass is 10.0. The molecule has 6 nitrogen and oxygen atoms in total. The molecule has 1 aliphatic rings. The molecule has 0 saturated heterocycles. The fraction of sp³-hybridized carbons (Fsp3) is 0.182. The molecule has 0 saturated carbocycles. The average Bonchev–Trinajstić information content (AvgIpc) is 2.96. The predicted molar refractivity (Wildman–Crippen MR) is 116 cm³/mol. The summed E-state index contributed by atoms with van der Waals surface area (Å²) in [4.78, 5) is 27.3. The number of esters is 1. The number of ether oxygens (including phenoxy) is 3. The molecule has 2 aromatic carbocycles. The van der Waals surface area contributed by atoms with E-state index in [1.165, 1.54) is 26.2 Å². The van der Waals surface area contributed by atoms with Crippen molar-refractivity contribution >= 4 is 46.8 Å². The second-order valence-electron chi connectivity index (χ2n) is 6.39. The first-order valence-electron chi connectivity index (χ1n) is 8.84. The molecule has 0 atom stereocenters. The Labute approximate surface area is 184 Å². The van der Waals surface area contributed by atoms with Gasteiger partial charge in [0.1, 0.15) is 11.5 Å². The number of benzene rings is 2. The van der Waals surface area contributed by atoms with Crippen LogP contribution in [0.15, 0.2) is 53.2 Å². The van der Waals surface area contributed by atoms with E-state index in [4.69, 9.17) is 37.4 Å². The molecule has 8 heteroatoms. The molecule has 0 bridgehead atoms. The van der Waals surface area contributed by atoms with Gasteiger partial charge < -0.3 is 14.2 Å². The Hall–Kier alpha value is -2.96. The lowest BCUT2D eigenvalue weighted by Gasteiger charge is -2.18. The van der Waals surface area contributed by atoms with Crippen LogP contribution in [0.25, 0.3) is 6.08 Å². The fourth-order valence-electron chi connectivity index (χ4n) is 3.27. The second kappa shape index (κ2) is 8.81. The maximum absolute atomic E-state index is 13.4. The summed E-state index contributed by atoms with van der Waals surface area (Å²) in [5.41, 5.74) is 1.71. The second-order valence-corrected chi connectivity index (χ2v) is 7.26. The highest BCUT2D eigenvalue weighted by molar-refractivity contribution is 6.35. The van der Waals surface area contributed by atoms with Gasteiger partial charge in [0.2, 0.25) is 0 Å². The number of halogens is 2. The van der Waals surface area contributed by atoms with Gasteiger partial charge in [0.25, 0.3) is 5.91 Å². The molecule has 1 heterocycles. The number of allylic oxidation sites excluding steroid dienone is 1. The van der Waals surface area contributed by atoms with Crippen LogP contribution in [0.4, 0.5) is 5.69 Å². The van der Waals surface area contributed by atoms with Crippen LogP contribution in [0, 0.1) is 0 Å². The summed E-state index contributed by atoms with van der Waals surface area (Å²) in [6.45, 7) is 1.66. The first kappa shape index (κ1) is 21.7. The van der Waals surface area contributed by atoms with Crippen molar-refractivity contribution in [3.63, 3.8) is 0 Å². The largest absolute Gasteiger partial charge is 0.497 e. The maximum Gasteiger partial charge on any atom is 0.340 e. The van der Waals surface area contributed by atoms with E-state index in [1.54, 1.807) is 49.4 Å². The van der Waals surface area contributed by atoms with E-state index in [1.807, 2.05) is 0 Å². The number of anilines is 1. The number of hydrogen-bond donors (Lipinski definition) is 0. The third kappa shape index (κ3) is 4.01. The predicted octanol–water partition coefficient (Wildman–Crippen LogP) is 4.89. The minimum Gasteiger partial charge on any atom is -0.497 e. The third-order valence-electron chi connectivity index (χ3n) is 4.63. The number of nitrogens with zero attached hydrogens (tertiary/aromatic N) is 1. The van der Waals surface area contributed by atoms with Gasteiger partial charge in [-0.25, -0.2) is 4.79 Å². The number of carbonyl (C=O) groups is 2. The molecule has 0 N–H and O–H groups in total. The van der Waals surface area contributed by atoms with Gasteiger partial charge >= 0.3 is 5.97 Å². The van der Waals surface area contributed by atoms with Crippen molar-refractivity contribution < 1.29 is 23.8 Å². The minimum atomic E-state index is -0.635. The Balaban J connectivity index is 2.21. The van der Waals surface area contributed by atoms with Gasteiger partial charge in [-0.1, -0.05) is 23.2 Å². The lowest BCUT2D eigenvalue weighted by molar-refractivity contribution is -0.136. The molecule has 0 aromatic heterocycles. The van der Waals surface area contributed by atoms with Crippen LogP contribution >= 0.6 is 23.2 Å². The molecule has 0 unspecified atom stereocenters. The summed E-state index contributed by atoms with van der Waals surface area (Å²) in [6.07, 6.45) is 1.57. The third-order valence-corrected chi connectivity index (χ3v) is 5.07. The summed E-state index contributed by atoms with van der Waals surface area (Å²) < 4.78 is 15.6. The van der Waals surface area contributed by atoms with Crippen molar-refractivity contribution in [2.24, 2.45) is 0 Å². The number of rotatable bonds is 5. The summed E-state index contributed by atoms with van der Waals surface area (Å²) in [5, 5.41) is 0.731. The first-order valence-corrected chi connectivity index (χ1v) is 9.60. The summed E-state index contributed by atoms with van der Waals surface area (Å²) >= 11 is 12.2. The Kier molecular flexibility index (Phi) is 6.39. The SMILES string of the molecule is COC(=O)C1=C(C)N(c2cc(Cl)cc(Cl)c2)C(=O)C1=Cc1cc(OC)ccc1OC. The minimum absolute atomic E-state index is 0.142. The monoisotopic (exact) mass is 447 g/mol. The molecular weight excluding hydrogens is 429 g/mol. The van der Waals surface area contributed by atoms with E-state index in [2.05, 4.69) is 0 Å². The highest BCUT2D eigenvalue weighted by Gasteiger charge is 2.38. The Bertz CT molecular complexity index is 1070. The summed E-state index contributed by atoms with van der Waals surface area (Å²) in [7, 11) is 4.31. The van der Waals surface area contributed by atoms with Gasteiger partial charge in [-0.2, -0.15) is 0 Å². The van der Waals surface area contributed by atoms with E-state index in [-0.39, 0.29) is 11.1 Å². The zero-order valence-corrected chi connectivity index (χ0v) is 18.3. The van der Waals surface area contributed by atoms with E-state index in [0.717, 1.165) is 0 Å². The van der Waals surface area contributed by atoms with Crippen LogP contribution in [-0.4, -0.2) is 33.2 Å². The Morgan fingerprint density at radius 2 is 1.67 bits per heavy atom. The molecule has 156 valence electrons. The topological polar surface area (TPSA) is 65.1 Å². The molecule has 0 aliphatic carbocycles. The number of methoxy groups -OCH3 is 3. The van der Waals surface area contributed by atoms with Crippen LogP contribution < -0.4 is 14.4 Å². The lowest BCUT2D eigenvalue weighted by Crippen LogP contribution is -2.24. The van der Waals surface area contributed by atoms with Crippen LogP contribution in [0.2, 0.25) is 10.0 Å². The van der Waals surface area contributed by atoms with E-state index in [9.17, 15) is 9.59 Å². The molecule has 0 radical (unpaired) electrons. The van der Waals surface area contributed by atoms with Gasteiger partial charge in [0.15, 0.2) is 0 Å². The molecule has 30 heavy (non-hydrogen) atoms. The van der Waals surface area contributed by atoms with Crippen LogP contribution in [0.3, 0.4) is 0 Å². The highest BCUT2D eigenvalue weighted by Crippen LogP contribution is 2.38. The summed E-state index contributed by atoms with van der Waals surface area (Å²) in [6, 6.07) is 9.92. The molecule has 3 rings (SSSR count). The fourth-order valence-corrected chi connectivity index (χ4v) is 3.78. The van der Waals surface area contributed by atoms with Gasteiger partial charge in [-0.05, 0) is 49.4 Å².